The molecule has 0 aromatic heterocycles. The number of carbonyl (C=O) groups is 2. The summed E-state index contributed by atoms with van der Waals surface area (Å²) >= 11 is 5.91. The SMILES string of the molecule is COc1ccc(N2C(=O)[C@@H]3N=NN(c4ccc(Cl)cc4)[C@H]3C2=O)cc1OC. The van der Waals surface area contributed by atoms with Gasteiger partial charge in [0.05, 0.1) is 25.6 Å². The van der Waals surface area contributed by atoms with E-state index < -0.39 is 23.9 Å². The van der Waals surface area contributed by atoms with Gasteiger partial charge in [-0.3, -0.25) is 9.59 Å². The minimum absolute atomic E-state index is 0.392. The van der Waals surface area contributed by atoms with Crippen LogP contribution in [0.1, 0.15) is 0 Å². The lowest BCUT2D eigenvalue weighted by molar-refractivity contribution is -0.121. The number of anilines is 2. The molecular formula is C18H15ClN4O4. The van der Waals surface area contributed by atoms with Crippen LogP contribution in [-0.2, 0) is 9.59 Å². The quantitative estimate of drug-likeness (QED) is 0.754. The van der Waals surface area contributed by atoms with Crippen molar-refractivity contribution in [2.24, 2.45) is 10.3 Å². The van der Waals surface area contributed by atoms with Gasteiger partial charge in [-0.15, -0.1) is 0 Å². The zero-order chi connectivity index (χ0) is 19.1. The number of hydrogen-bond donors (Lipinski definition) is 0. The summed E-state index contributed by atoms with van der Waals surface area (Å²) in [4.78, 5) is 27.0. The number of benzene rings is 2. The van der Waals surface area contributed by atoms with Crippen LogP contribution < -0.4 is 19.4 Å². The zero-order valence-corrected chi connectivity index (χ0v) is 15.3. The van der Waals surface area contributed by atoms with Gasteiger partial charge in [0.15, 0.2) is 23.6 Å². The summed E-state index contributed by atoms with van der Waals surface area (Å²) in [5, 5.41) is 10.0. The van der Waals surface area contributed by atoms with Crippen LogP contribution in [0.25, 0.3) is 0 Å². The van der Waals surface area contributed by atoms with Gasteiger partial charge in [-0.2, -0.15) is 5.11 Å². The molecule has 9 heteroatoms. The van der Waals surface area contributed by atoms with Gasteiger partial charge < -0.3 is 9.47 Å². The highest BCUT2D eigenvalue weighted by Gasteiger charge is 2.55. The molecule has 2 aromatic carbocycles. The average molecular weight is 387 g/mol. The summed E-state index contributed by atoms with van der Waals surface area (Å²) < 4.78 is 10.5. The van der Waals surface area contributed by atoms with Crippen molar-refractivity contribution in [2.45, 2.75) is 12.1 Å². The third kappa shape index (κ3) is 2.69. The van der Waals surface area contributed by atoms with Crippen LogP contribution in [-0.4, -0.2) is 38.1 Å². The van der Waals surface area contributed by atoms with Crippen molar-refractivity contribution in [3.63, 3.8) is 0 Å². The van der Waals surface area contributed by atoms with E-state index >= 15 is 0 Å². The van der Waals surface area contributed by atoms with Crippen molar-refractivity contribution in [1.29, 1.82) is 0 Å². The first-order valence-electron chi connectivity index (χ1n) is 8.10. The van der Waals surface area contributed by atoms with Crippen molar-refractivity contribution in [1.82, 2.24) is 0 Å². The van der Waals surface area contributed by atoms with Gasteiger partial charge in [-0.05, 0) is 36.4 Å². The lowest BCUT2D eigenvalue weighted by Crippen LogP contribution is -2.39. The second kappa shape index (κ2) is 6.55. The van der Waals surface area contributed by atoms with Crippen LogP contribution in [0.4, 0.5) is 11.4 Å². The number of methoxy groups -OCH3 is 2. The van der Waals surface area contributed by atoms with Gasteiger partial charge >= 0.3 is 0 Å². The number of halogens is 1. The van der Waals surface area contributed by atoms with Crippen molar-refractivity contribution < 1.29 is 19.1 Å². The molecule has 0 bridgehead atoms. The van der Waals surface area contributed by atoms with E-state index in [1.54, 1.807) is 42.5 Å². The topological polar surface area (TPSA) is 83.8 Å². The molecule has 2 heterocycles. The predicted octanol–water partition coefficient (Wildman–Crippen LogP) is 2.86. The smallest absolute Gasteiger partial charge is 0.263 e. The molecule has 0 saturated carbocycles. The summed E-state index contributed by atoms with van der Waals surface area (Å²) in [5.41, 5.74) is 1.02. The van der Waals surface area contributed by atoms with Crippen molar-refractivity contribution in [3.05, 3.63) is 47.5 Å². The normalized spacial score (nSPS) is 21.0. The zero-order valence-electron chi connectivity index (χ0n) is 14.5. The summed E-state index contributed by atoms with van der Waals surface area (Å²) in [6.45, 7) is 0. The Kier molecular flexibility index (Phi) is 4.19. The van der Waals surface area contributed by atoms with Crippen molar-refractivity contribution in [2.75, 3.05) is 24.1 Å². The Hall–Kier alpha value is -3.13. The molecule has 2 aromatic rings. The molecule has 0 unspecified atom stereocenters. The lowest BCUT2D eigenvalue weighted by Gasteiger charge is -2.21. The maximum Gasteiger partial charge on any atom is 0.263 e. The molecule has 0 aliphatic carbocycles. The van der Waals surface area contributed by atoms with Gasteiger partial charge in [0.2, 0.25) is 0 Å². The second-order valence-electron chi connectivity index (χ2n) is 5.97. The molecule has 1 saturated heterocycles. The number of ether oxygens (including phenoxy) is 2. The Morgan fingerprint density at radius 2 is 1.59 bits per heavy atom. The lowest BCUT2D eigenvalue weighted by atomic mass is 10.1. The highest BCUT2D eigenvalue weighted by atomic mass is 35.5. The average Bonchev–Trinajstić information content (AvgIpc) is 3.22. The van der Waals surface area contributed by atoms with Gasteiger partial charge in [0.1, 0.15) is 0 Å². The summed E-state index contributed by atoms with van der Waals surface area (Å²) in [5.74, 6) is 0.0847. The minimum Gasteiger partial charge on any atom is -0.493 e. The van der Waals surface area contributed by atoms with E-state index in [2.05, 4.69) is 10.3 Å². The minimum atomic E-state index is -0.888. The molecule has 0 N–H and O–H groups in total. The van der Waals surface area contributed by atoms with E-state index in [9.17, 15) is 9.59 Å². The molecule has 138 valence electrons. The molecule has 8 nitrogen and oxygen atoms in total. The standard InChI is InChI=1S/C18H15ClN4O4/c1-26-13-8-7-12(9-14(13)27-2)22-17(24)15-16(18(22)25)23(21-20-15)11-5-3-10(19)4-6-11/h3-9,15-16H,1-2H3/t15-,16-/m1/s1. The Bertz CT molecular complexity index is 947. The summed E-state index contributed by atoms with van der Waals surface area (Å²) in [6, 6.07) is 9.96. The van der Waals surface area contributed by atoms with E-state index in [1.165, 1.54) is 19.2 Å². The van der Waals surface area contributed by atoms with Crippen molar-refractivity contribution >= 4 is 34.8 Å². The van der Waals surface area contributed by atoms with Crippen LogP contribution in [0.5, 0.6) is 11.5 Å². The molecule has 2 aliphatic heterocycles. The Morgan fingerprint density at radius 1 is 0.926 bits per heavy atom. The Morgan fingerprint density at radius 3 is 2.26 bits per heavy atom. The fourth-order valence-corrected chi connectivity index (χ4v) is 3.31. The van der Waals surface area contributed by atoms with Gasteiger partial charge in [-0.25, -0.2) is 9.91 Å². The van der Waals surface area contributed by atoms with Crippen LogP contribution in [0.2, 0.25) is 5.02 Å². The number of fused-ring (bicyclic) bond motifs is 1. The van der Waals surface area contributed by atoms with E-state index in [1.807, 2.05) is 0 Å². The highest BCUT2D eigenvalue weighted by Crippen LogP contribution is 2.38. The molecule has 0 spiro atoms. The van der Waals surface area contributed by atoms with Gasteiger partial charge in [-0.1, -0.05) is 16.8 Å². The van der Waals surface area contributed by atoms with Crippen LogP contribution in [0.3, 0.4) is 0 Å². The molecule has 4 rings (SSSR count). The molecule has 2 atom stereocenters. The molecule has 0 radical (unpaired) electrons. The molecule has 27 heavy (non-hydrogen) atoms. The van der Waals surface area contributed by atoms with Crippen molar-refractivity contribution in [3.8, 4) is 11.5 Å². The third-order valence-corrected chi connectivity index (χ3v) is 4.75. The number of rotatable bonds is 4. The monoisotopic (exact) mass is 386 g/mol. The Labute approximate surface area is 159 Å². The van der Waals surface area contributed by atoms with Crippen LogP contribution >= 0.6 is 11.6 Å². The third-order valence-electron chi connectivity index (χ3n) is 4.50. The molecule has 1 fully saturated rings. The first-order chi connectivity index (χ1) is 13.0. The second-order valence-corrected chi connectivity index (χ2v) is 6.40. The van der Waals surface area contributed by atoms with E-state index in [0.717, 1.165) is 4.90 Å². The fourth-order valence-electron chi connectivity index (χ4n) is 3.19. The summed E-state index contributed by atoms with van der Waals surface area (Å²) in [7, 11) is 3.00. The van der Waals surface area contributed by atoms with E-state index in [-0.39, 0.29) is 0 Å². The first kappa shape index (κ1) is 17.3. The predicted molar refractivity (Wildman–Crippen MR) is 98.4 cm³/mol. The number of amides is 2. The number of carbonyl (C=O) groups excluding carboxylic acids is 2. The van der Waals surface area contributed by atoms with E-state index in [4.69, 9.17) is 21.1 Å². The maximum absolute atomic E-state index is 13.0. The largest absolute Gasteiger partial charge is 0.493 e. The summed E-state index contributed by atoms with van der Waals surface area (Å²) in [6.07, 6.45) is 0. The highest BCUT2D eigenvalue weighted by molar-refractivity contribution is 6.30. The molecule has 2 amide bonds. The Balaban J connectivity index is 1.68. The fraction of sp³-hybridized carbons (Fsp3) is 0.222. The molecule has 2 aliphatic rings. The maximum atomic E-state index is 13.0. The number of hydrogen-bond acceptors (Lipinski definition) is 7. The first-order valence-corrected chi connectivity index (χ1v) is 8.48. The van der Waals surface area contributed by atoms with Crippen LogP contribution in [0.15, 0.2) is 52.8 Å². The number of nitrogens with zero attached hydrogens (tertiary/aromatic N) is 4. The van der Waals surface area contributed by atoms with Gasteiger partial charge in [0, 0.05) is 11.1 Å². The molecular weight excluding hydrogens is 372 g/mol. The number of imide groups is 1. The van der Waals surface area contributed by atoms with E-state index in [0.29, 0.717) is 27.9 Å². The van der Waals surface area contributed by atoms with Crippen LogP contribution in [0, 0.1) is 0 Å². The van der Waals surface area contributed by atoms with Gasteiger partial charge in [0.25, 0.3) is 11.8 Å².